The normalized spacial score (nSPS) is 11.3. The van der Waals surface area contributed by atoms with Crippen LogP contribution in [0.5, 0.6) is 0 Å². The lowest BCUT2D eigenvalue weighted by atomic mass is 10.1. The van der Waals surface area contributed by atoms with Crippen molar-refractivity contribution in [3.8, 4) is 12.1 Å². The number of nitrogens with zero attached hydrogens (tertiary/aromatic N) is 2. The summed E-state index contributed by atoms with van der Waals surface area (Å²) in [7, 11) is -7.77. The number of sulfone groups is 1. The molecule has 100 valence electrons. The molecule has 0 unspecified atom stereocenters. The minimum Gasteiger partial charge on any atom is -0.283 e. The van der Waals surface area contributed by atoms with Crippen molar-refractivity contribution in [2.75, 3.05) is 16.1 Å². The largest absolute Gasteiger partial charge is 0.283 e. The Morgan fingerprint density at radius 3 is 2.16 bits per heavy atom. The number of anilines is 1. The number of hydrogen-bond donors (Lipinski definition) is 1. The Bertz CT molecular complexity index is 783. The van der Waals surface area contributed by atoms with Crippen molar-refractivity contribution in [2.45, 2.75) is 0 Å². The Kier molecular flexibility index (Phi) is 4.14. The Morgan fingerprint density at radius 1 is 1.11 bits per heavy atom. The van der Waals surface area contributed by atoms with E-state index in [0.717, 1.165) is 6.26 Å². The summed E-state index contributed by atoms with van der Waals surface area (Å²) in [4.78, 5) is 0. The van der Waals surface area contributed by atoms with E-state index in [2.05, 4.69) is 0 Å². The molecule has 0 aliphatic rings. The number of hydrogen-bond acceptors (Lipinski definition) is 6. The fourth-order valence-corrected chi connectivity index (χ4v) is 4.27. The highest BCUT2D eigenvalue weighted by Crippen LogP contribution is 2.16. The first kappa shape index (κ1) is 15.0. The van der Waals surface area contributed by atoms with Gasteiger partial charge in [0.1, 0.15) is 12.1 Å². The summed E-state index contributed by atoms with van der Waals surface area (Å²) in [6, 6.07) is 7.24. The molecule has 0 radical (unpaired) electrons. The molecule has 0 saturated heterocycles. The molecule has 0 heterocycles. The van der Waals surface area contributed by atoms with Crippen LogP contribution in [0.2, 0.25) is 0 Å². The van der Waals surface area contributed by atoms with Gasteiger partial charge in [-0.25, -0.2) is 16.8 Å². The maximum Gasteiger partial charge on any atom is 0.247 e. The van der Waals surface area contributed by atoms with Gasteiger partial charge in [0.2, 0.25) is 10.0 Å². The van der Waals surface area contributed by atoms with Crippen molar-refractivity contribution in [1.29, 1.82) is 10.5 Å². The third kappa shape index (κ3) is 4.58. The van der Waals surface area contributed by atoms with E-state index in [1.807, 2.05) is 4.72 Å². The second-order valence-corrected chi connectivity index (χ2v) is 7.97. The molecule has 19 heavy (non-hydrogen) atoms. The second-order valence-electron chi connectivity index (χ2n) is 3.74. The molecule has 0 saturated carbocycles. The summed E-state index contributed by atoms with van der Waals surface area (Å²) in [6.45, 7) is 0. The molecule has 1 N–H and O–H groups in total. The predicted molar refractivity (Wildman–Crippen MR) is 68.1 cm³/mol. The Labute approximate surface area is 111 Å². The molecule has 0 spiro atoms. The Balaban J connectivity index is 3.09. The topological polar surface area (TPSA) is 128 Å². The molecule has 1 rings (SSSR count). The van der Waals surface area contributed by atoms with Gasteiger partial charge in [-0.3, -0.25) is 4.72 Å². The van der Waals surface area contributed by atoms with Crippen LogP contribution in [-0.4, -0.2) is 28.2 Å². The highest BCUT2D eigenvalue weighted by molar-refractivity contribution is 8.08. The van der Waals surface area contributed by atoms with Gasteiger partial charge < -0.3 is 0 Å². The summed E-state index contributed by atoms with van der Waals surface area (Å²) in [6.07, 6.45) is 0.797. The second kappa shape index (κ2) is 5.26. The van der Waals surface area contributed by atoms with Gasteiger partial charge in [-0.1, -0.05) is 0 Å². The van der Waals surface area contributed by atoms with Crippen LogP contribution in [0.15, 0.2) is 18.2 Å². The molecule has 0 aliphatic carbocycles. The summed E-state index contributed by atoms with van der Waals surface area (Å²) in [5.74, 6) is 0. The lowest BCUT2D eigenvalue weighted by Crippen LogP contribution is -2.22. The number of benzene rings is 1. The van der Waals surface area contributed by atoms with Gasteiger partial charge in [-0.15, -0.1) is 0 Å². The smallest absolute Gasteiger partial charge is 0.247 e. The number of nitriles is 2. The zero-order valence-corrected chi connectivity index (χ0v) is 11.4. The zero-order valence-electron chi connectivity index (χ0n) is 9.78. The van der Waals surface area contributed by atoms with Crippen molar-refractivity contribution in [2.24, 2.45) is 0 Å². The average Bonchev–Trinajstić information content (AvgIpc) is 2.24. The van der Waals surface area contributed by atoms with Crippen molar-refractivity contribution in [3.05, 3.63) is 29.3 Å². The van der Waals surface area contributed by atoms with Gasteiger partial charge in [-0.05, 0) is 18.2 Å². The number of sulfonamides is 1. The van der Waals surface area contributed by atoms with Crippen LogP contribution in [0.4, 0.5) is 5.69 Å². The van der Waals surface area contributed by atoms with E-state index in [-0.39, 0.29) is 16.8 Å². The Morgan fingerprint density at radius 2 is 1.68 bits per heavy atom. The Hall–Kier alpha value is -2.10. The number of rotatable bonds is 4. The van der Waals surface area contributed by atoms with E-state index in [9.17, 15) is 16.8 Å². The van der Waals surface area contributed by atoms with E-state index in [1.165, 1.54) is 18.2 Å². The van der Waals surface area contributed by atoms with Crippen LogP contribution in [0.3, 0.4) is 0 Å². The molecule has 0 amide bonds. The van der Waals surface area contributed by atoms with Crippen LogP contribution in [-0.2, 0) is 19.9 Å². The molecule has 1 aromatic carbocycles. The molecule has 7 nitrogen and oxygen atoms in total. The van der Waals surface area contributed by atoms with Gasteiger partial charge in [0.25, 0.3) is 0 Å². The molecule has 1 aromatic rings. The van der Waals surface area contributed by atoms with Crippen LogP contribution in [0, 0.1) is 22.7 Å². The minimum atomic E-state index is -4.07. The molecular formula is C10H9N3O4S2. The van der Waals surface area contributed by atoms with Crippen molar-refractivity contribution in [1.82, 2.24) is 0 Å². The first-order valence-corrected chi connectivity index (χ1v) is 8.50. The first-order valence-electron chi connectivity index (χ1n) is 4.79. The highest BCUT2D eigenvalue weighted by Gasteiger charge is 2.18. The van der Waals surface area contributed by atoms with Gasteiger partial charge in [-0.2, -0.15) is 10.5 Å². The first-order chi connectivity index (χ1) is 8.67. The maximum atomic E-state index is 11.5. The third-order valence-electron chi connectivity index (χ3n) is 1.90. The standard InChI is InChI=1S/C10H9N3O4S2/c1-18(14,15)7-19(16,17)13-10-3-2-8(5-11)9(4-10)6-12/h2-4,13H,7H2,1H3. The molecule has 0 aliphatic heterocycles. The van der Waals surface area contributed by atoms with Crippen LogP contribution >= 0.6 is 0 Å². The molecule has 0 bridgehead atoms. The lowest BCUT2D eigenvalue weighted by Gasteiger charge is -2.07. The highest BCUT2D eigenvalue weighted by atomic mass is 32.3. The fraction of sp³-hybridized carbons (Fsp3) is 0.200. The van der Waals surface area contributed by atoms with Gasteiger partial charge >= 0.3 is 0 Å². The third-order valence-corrected chi connectivity index (χ3v) is 5.40. The molecule has 0 aromatic heterocycles. The SMILES string of the molecule is CS(=O)(=O)CS(=O)(=O)Nc1ccc(C#N)c(C#N)c1. The summed E-state index contributed by atoms with van der Waals surface area (Å²) in [5.41, 5.74) is 0.134. The average molecular weight is 299 g/mol. The maximum absolute atomic E-state index is 11.5. The van der Waals surface area contributed by atoms with Crippen LogP contribution in [0.25, 0.3) is 0 Å². The quantitative estimate of drug-likeness (QED) is 0.844. The predicted octanol–water partition coefficient (Wildman–Crippen LogP) is 0.174. The van der Waals surface area contributed by atoms with E-state index < -0.39 is 24.9 Å². The van der Waals surface area contributed by atoms with E-state index in [4.69, 9.17) is 10.5 Å². The zero-order chi connectivity index (χ0) is 14.7. The molecule has 0 atom stereocenters. The van der Waals surface area contributed by atoms with E-state index in [1.54, 1.807) is 12.1 Å². The van der Waals surface area contributed by atoms with Gasteiger partial charge in [0, 0.05) is 11.9 Å². The van der Waals surface area contributed by atoms with E-state index >= 15 is 0 Å². The van der Waals surface area contributed by atoms with Crippen LogP contribution in [0.1, 0.15) is 11.1 Å². The monoisotopic (exact) mass is 299 g/mol. The fourth-order valence-electron chi connectivity index (χ4n) is 1.29. The summed E-state index contributed by atoms with van der Waals surface area (Å²) < 4.78 is 47.0. The summed E-state index contributed by atoms with van der Waals surface area (Å²) in [5, 5.41) is 16.4. The molecular weight excluding hydrogens is 290 g/mol. The van der Waals surface area contributed by atoms with Crippen LogP contribution < -0.4 is 4.72 Å². The number of nitrogens with one attached hydrogen (secondary N) is 1. The van der Waals surface area contributed by atoms with Gasteiger partial charge in [0.05, 0.1) is 11.1 Å². The van der Waals surface area contributed by atoms with Crippen molar-refractivity contribution >= 4 is 25.5 Å². The molecule has 9 heteroatoms. The lowest BCUT2D eigenvalue weighted by molar-refractivity contribution is 0.595. The molecule has 0 fully saturated rings. The van der Waals surface area contributed by atoms with E-state index in [0.29, 0.717) is 0 Å². The minimum absolute atomic E-state index is 0.00190. The summed E-state index contributed by atoms with van der Waals surface area (Å²) >= 11 is 0. The van der Waals surface area contributed by atoms with Crippen molar-refractivity contribution < 1.29 is 16.8 Å². The van der Waals surface area contributed by atoms with Crippen molar-refractivity contribution in [3.63, 3.8) is 0 Å². The van der Waals surface area contributed by atoms with Gasteiger partial charge in [0.15, 0.2) is 14.9 Å².